The summed E-state index contributed by atoms with van der Waals surface area (Å²) in [6, 6.07) is 6.89. The second-order valence-corrected chi connectivity index (χ2v) is 5.61. The SMILES string of the molecule is CCOC(=O)C(Cc1ccc2sccc2c1)C(=O)C(F)(F)F. The van der Waals surface area contributed by atoms with Crippen LogP contribution in [0.3, 0.4) is 0 Å². The predicted molar refractivity (Wildman–Crippen MR) is 76.7 cm³/mol. The maximum atomic E-state index is 12.7. The first-order valence-electron chi connectivity index (χ1n) is 6.56. The summed E-state index contributed by atoms with van der Waals surface area (Å²) >= 11 is 1.50. The Labute approximate surface area is 128 Å². The van der Waals surface area contributed by atoms with Crippen molar-refractivity contribution in [2.24, 2.45) is 5.92 Å². The van der Waals surface area contributed by atoms with E-state index in [0.717, 1.165) is 10.1 Å². The van der Waals surface area contributed by atoms with Crippen LogP contribution in [0.1, 0.15) is 12.5 Å². The van der Waals surface area contributed by atoms with Crippen molar-refractivity contribution in [3.05, 3.63) is 35.2 Å². The third-order valence-corrected chi connectivity index (χ3v) is 4.02. The predicted octanol–water partition coefficient (Wildman–Crippen LogP) is 3.75. The Kier molecular flexibility index (Phi) is 4.85. The fraction of sp³-hybridized carbons (Fsp3) is 0.333. The lowest BCUT2D eigenvalue weighted by Crippen LogP contribution is -2.37. The molecule has 0 saturated heterocycles. The number of ketones is 1. The molecule has 2 rings (SSSR count). The molecule has 0 aliphatic carbocycles. The summed E-state index contributed by atoms with van der Waals surface area (Å²) in [7, 11) is 0. The van der Waals surface area contributed by atoms with Crippen molar-refractivity contribution in [1.82, 2.24) is 0 Å². The summed E-state index contributed by atoms with van der Waals surface area (Å²) in [6.45, 7) is 1.40. The van der Waals surface area contributed by atoms with E-state index in [9.17, 15) is 22.8 Å². The van der Waals surface area contributed by atoms with Gasteiger partial charge in [-0.25, -0.2) is 0 Å². The molecule has 7 heteroatoms. The molecule has 1 atom stereocenters. The molecule has 2 aromatic rings. The number of alkyl halides is 3. The summed E-state index contributed by atoms with van der Waals surface area (Å²) < 4.78 is 43.5. The lowest BCUT2D eigenvalue weighted by Gasteiger charge is -2.16. The van der Waals surface area contributed by atoms with E-state index in [1.165, 1.54) is 18.3 Å². The summed E-state index contributed by atoms with van der Waals surface area (Å²) in [5.41, 5.74) is 0.488. The number of carbonyl (C=O) groups is 2. The molecule has 0 bridgehead atoms. The van der Waals surface area contributed by atoms with E-state index in [0.29, 0.717) is 5.56 Å². The van der Waals surface area contributed by atoms with Crippen LogP contribution < -0.4 is 0 Å². The summed E-state index contributed by atoms with van der Waals surface area (Å²) in [5.74, 6) is -5.08. The zero-order valence-corrected chi connectivity index (χ0v) is 12.5. The van der Waals surface area contributed by atoms with Crippen molar-refractivity contribution < 1.29 is 27.5 Å². The molecule has 1 aromatic heterocycles. The van der Waals surface area contributed by atoms with Crippen LogP contribution in [0.25, 0.3) is 10.1 Å². The van der Waals surface area contributed by atoms with Gasteiger partial charge in [-0.1, -0.05) is 12.1 Å². The van der Waals surface area contributed by atoms with Crippen LogP contribution in [-0.4, -0.2) is 24.5 Å². The number of rotatable bonds is 5. The maximum Gasteiger partial charge on any atom is 0.450 e. The molecule has 1 heterocycles. The van der Waals surface area contributed by atoms with Crippen molar-refractivity contribution in [3.8, 4) is 0 Å². The van der Waals surface area contributed by atoms with Gasteiger partial charge in [-0.2, -0.15) is 13.2 Å². The molecule has 0 fully saturated rings. The molecule has 0 radical (unpaired) electrons. The average molecular weight is 330 g/mol. The molecule has 0 aliphatic heterocycles. The van der Waals surface area contributed by atoms with Crippen LogP contribution in [0.4, 0.5) is 13.2 Å². The average Bonchev–Trinajstić information content (AvgIpc) is 2.90. The van der Waals surface area contributed by atoms with Crippen LogP contribution in [0.15, 0.2) is 29.6 Å². The number of carbonyl (C=O) groups excluding carboxylic acids is 2. The molecule has 0 amide bonds. The normalized spacial score (nSPS) is 13.1. The van der Waals surface area contributed by atoms with Gasteiger partial charge >= 0.3 is 12.1 Å². The number of thiophene rings is 1. The van der Waals surface area contributed by atoms with Gasteiger partial charge in [0, 0.05) is 4.70 Å². The third kappa shape index (κ3) is 3.65. The van der Waals surface area contributed by atoms with E-state index in [1.807, 2.05) is 11.4 Å². The van der Waals surface area contributed by atoms with Crippen LogP contribution in [0, 0.1) is 5.92 Å². The molecule has 3 nitrogen and oxygen atoms in total. The van der Waals surface area contributed by atoms with Crippen LogP contribution in [-0.2, 0) is 20.7 Å². The molecule has 0 N–H and O–H groups in total. The topological polar surface area (TPSA) is 43.4 Å². The standard InChI is InChI=1S/C15H13F3O3S/c1-2-21-14(20)11(13(19)15(16,17)18)8-9-3-4-12-10(7-9)5-6-22-12/h3-7,11H,2,8H2,1H3. The van der Waals surface area contributed by atoms with Gasteiger partial charge in [0.25, 0.3) is 5.78 Å². The van der Waals surface area contributed by atoms with Gasteiger partial charge in [0.15, 0.2) is 0 Å². The van der Waals surface area contributed by atoms with Gasteiger partial charge in [0.2, 0.25) is 0 Å². The lowest BCUT2D eigenvalue weighted by molar-refractivity contribution is -0.180. The zero-order chi connectivity index (χ0) is 16.3. The minimum atomic E-state index is -5.07. The number of hydrogen-bond acceptors (Lipinski definition) is 4. The van der Waals surface area contributed by atoms with Gasteiger partial charge in [0.1, 0.15) is 5.92 Å². The molecule has 0 spiro atoms. The molecule has 0 saturated carbocycles. The van der Waals surface area contributed by atoms with Crippen molar-refractivity contribution in [2.45, 2.75) is 19.5 Å². The first kappa shape index (κ1) is 16.5. The van der Waals surface area contributed by atoms with E-state index < -0.39 is 23.8 Å². The molecule has 0 aliphatic rings. The maximum absolute atomic E-state index is 12.7. The highest BCUT2D eigenvalue weighted by molar-refractivity contribution is 7.17. The third-order valence-electron chi connectivity index (χ3n) is 3.12. The Balaban J connectivity index is 2.28. The van der Waals surface area contributed by atoms with Gasteiger partial charge in [-0.15, -0.1) is 11.3 Å². The van der Waals surface area contributed by atoms with Crippen LogP contribution >= 0.6 is 11.3 Å². The van der Waals surface area contributed by atoms with Crippen LogP contribution in [0.5, 0.6) is 0 Å². The van der Waals surface area contributed by atoms with Crippen molar-refractivity contribution >= 4 is 33.2 Å². The van der Waals surface area contributed by atoms with Crippen molar-refractivity contribution in [3.63, 3.8) is 0 Å². The van der Waals surface area contributed by atoms with Gasteiger partial charge < -0.3 is 4.74 Å². The largest absolute Gasteiger partial charge is 0.465 e. The van der Waals surface area contributed by atoms with E-state index in [-0.39, 0.29) is 13.0 Å². The molecule has 22 heavy (non-hydrogen) atoms. The van der Waals surface area contributed by atoms with Gasteiger partial charge in [-0.05, 0) is 41.8 Å². The Morgan fingerprint density at radius 1 is 1.27 bits per heavy atom. The number of halogens is 3. The number of ether oxygens (including phenoxy) is 1. The highest BCUT2D eigenvalue weighted by Gasteiger charge is 2.46. The Hall–Kier alpha value is -1.89. The van der Waals surface area contributed by atoms with E-state index in [2.05, 4.69) is 4.74 Å². The minimum Gasteiger partial charge on any atom is -0.465 e. The summed E-state index contributed by atoms with van der Waals surface area (Å²) in [5, 5.41) is 2.72. The number of hydrogen-bond donors (Lipinski definition) is 0. The summed E-state index contributed by atoms with van der Waals surface area (Å²) in [4.78, 5) is 23.2. The number of Topliss-reactive ketones (excluding diaryl/α,β-unsaturated/α-hetero) is 1. The lowest BCUT2D eigenvalue weighted by atomic mass is 9.94. The van der Waals surface area contributed by atoms with E-state index in [1.54, 1.807) is 18.2 Å². The fourth-order valence-electron chi connectivity index (χ4n) is 2.10. The Bertz CT molecular complexity index is 691. The van der Waals surface area contributed by atoms with Crippen LogP contribution in [0.2, 0.25) is 0 Å². The monoisotopic (exact) mass is 330 g/mol. The molecule has 1 unspecified atom stereocenters. The molecule has 1 aromatic carbocycles. The smallest absolute Gasteiger partial charge is 0.450 e. The second kappa shape index (κ2) is 6.48. The first-order chi connectivity index (χ1) is 10.3. The van der Waals surface area contributed by atoms with E-state index in [4.69, 9.17) is 0 Å². The number of fused-ring (bicyclic) bond motifs is 1. The highest BCUT2D eigenvalue weighted by atomic mass is 32.1. The van der Waals surface area contributed by atoms with Gasteiger partial charge in [-0.3, -0.25) is 9.59 Å². The van der Waals surface area contributed by atoms with E-state index >= 15 is 0 Å². The molecule has 118 valence electrons. The first-order valence-corrected chi connectivity index (χ1v) is 7.44. The minimum absolute atomic E-state index is 0.0793. The fourth-order valence-corrected chi connectivity index (χ4v) is 2.87. The Morgan fingerprint density at radius 3 is 2.64 bits per heavy atom. The number of esters is 1. The van der Waals surface area contributed by atoms with Gasteiger partial charge in [0.05, 0.1) is 6.61 Å². The quantitative estimate of drug-likeness (QED) is 0.619. The van der Waals surface area contributed by atoms with Crippen molar-refractivity contribution in [1.29, 1.82) is 0 Å². The Morgan fingerprint density at radius 2 is 2.00 bits per heavy atom. The number of benzene rings is 1. The zero-order valence-electron chi connectivity index (χ0n) is 11.6. The van der Waals surface area contributed by atoms with Crippen molar-refractivity contribution in [2.75, 3.05) is 6.61 Å². The molecular formula is C15H13F3O3S. The highest BCUT2D eigenvalue weighted by Crippen LogP contribution is 2.27. The molecular weight excluding hydrogens is 317 g/mol. The summed E-state index contributed by atoms with van der Waals surface area (Å²) in [6.07, 6.45) is -5.40. The second-order valence-electron chi connectivity index (χ2n) is 4.66.